The van der Waals surface area contributed by atoms with Crippen molar-refractivity contribution in [2.75, 3.05) is 5.32 Å². The zero-order valence-corrected chi connectivity index (χ0v) is 19.7. The number of thiazole rings is 1. The number of amides is 1. The molecule has 6 nitrogen and oxygen atoms in total. The molecule has 0 unspecified atom stereocenters. The quantitative estimate of drug-likeness (QED) is 0.345. The molecule has 1 heterocycles. The van der Waals surface area contributed by atoms with E-state index in [1.54, 1.807) is 36.4 Å². The van der Waals surface area contributed by atoms with E-state index in [4.69, 9.17) is 28.3 Å². The van der Waals surface area contributed by atoms with Crippen LogP contribution in [0.2, 0.25) is 10.0 Å². The van der Waals surface area contributed by atoms with E-state index < -0.39 is 21.7 Å². The molecule has 33 heavy (non-hydrogen) atoms. The monoisotopic (exact) mass is 521 g/mol. The minimum atomic E-state index is -3.86. The average molecular weight is 522 g/mol. The van der Waals surface area contributed by atoms with Crippen molar-refractivity contribution in [1.29, 1.82) is 0 Å². The number of anilines is 1. The third-order valence-electron chi connectivity index (χ3n) is 4.50. The first-order valence-corrected chi connectivity index (χ1v) is 12.4. The van der Waals surface area contributed by atoms with Gasteiger partial charge in [-0.25, -0.2) is 22.9 Å². The molecule has 0 bridgehead atoms. The topological polar surface area (TPSA) is 102 Å². The number of halogens is 3. The van der Waals surface area contributed by atoms with Gasteiger partial charge in [0.2, 0.25) is 10.0 Å². The molecular formula is C22H14Cl2FN3O3S2. The second kappa shape index (κ2) is 9.20. The number of hydrogen-bond donors (Lipinski definition) is 2. The molecule has 11 heteroatoms. The fraction of sp³-hybridized carbons (Fsp3) is 0. The highest BCUT2D eigenvalue weighted by Gasteiger charge is 2.20. The normalized spacial score (nSPS) is 11.4. The van der Waals surface area contributed by atoms with Crippen LogP contribution < -0.4 is 10.5 Å². The predicted octanol–water partition coefficient (Wildman–Crippen LogP) is 5.82. The summed E-state index contributed by atoms with van der Waals surface area (Å²) in [4.78, 5) is 17.9. The summed E-state index contributed by atoms with van der Waals surface area (Å²) in [5.41, 5.74) is 2.04. The molecule has 4 rings (SSSR count). The molecule has 0 aliphatic heterocycles. The predicted molar refractivity (Wildman–Crippen MR) is 129 cm³/mol. The molecule has 168 valence electrons. The van der Waals surface area contributed by atoms with Crippen molar-refractivity contribution in [2.45, 2.75) is 4.90 Å². The smallest absolute Gasteiger partial charge is 0.284 e. The first kappa shape index (κ1) is 23.3. The molecule has 0 spiro atoms. The average Bonchev–Trinajstić information content (AvgIpc) is 3.19. The van der Waals surface area contributed by atoms with Gasteiger partial charge in [0.1, 0.15) is 5.82 Å². The maximum Gasteiger partial charge on any atom is 0.284 e. The van der Waals surface area contributed by atoms with Crippen LogP contribution in [0.5, 0.6) is 0 Å². The molecule has 0 fully saturated rings. The second-order valence-corrected chi connectivity index (χ2v) is 10.3. The molecule has 0 atom stereocenters. The van der Waals surface area contributed by atoms with Crippen LogP contribution in [0.4, 0.5) is 10.1 Å². The summed E-state index contributed by atoms with van der Waals surface area (Å²) in [5.74, 6) is -0.905. The second-order valence-electron chi connectivity index (χ2n) is 6.89. The lowest BCUT2D eigenvalue weighted by Crippen LogP contribution is -2.11. The number of primary sulfonamides is 1. The van der Waals surface area contributed by atoms with Crippen LogP contribution in [-0.4, -0.2) is 19.3 Å². The highest BCUT2D eigenvalue weighted by atomic mass is 35.5. The van der Waals surface area contributed by atoms with E-state index in [-0.39, 0.29) is 9.90 Å². The van der Waals surface area contributed by atoms with Crippen molar-refractivity contribution in [2.24, 2.45) is 5.14 Å². The van der Waals surface area contributed by atoms with Crippen molar-refractivity contribution in [3.63, 3.8) is 0 Å². The fourth-order valence-electron chi connectivity index (χ4n) is 3.02. The van der Waals surface area contributed by atoms with Gasteiger partial charge in [0.15, 0.2) is 5.01 Å². The highest BCUT2D eigenvalue weighted by molar-refractivity contribution is 7.89. The molecule has 0 aliphatic rings. The Kier molecular flexibility index (Phi) is 6.51. The zero-order valence-electron chi connectivity index (χ0n) is 16.6. The number of nitrogens with zero attached hydrogens (tertiary/aromatic N) is 1. The maximum atomic E-state index is 13.5. The lowest BCUT2D eigenvalue weighted by Gasteiger charge is -2.04. The van der Waals surface area contributed by atoms with E-state index >= 15 is 0 Å². The van der Waals surface area contributed by atoms with Gasteiger partial charge < -0.3 is 5.32 Å². The number of nitrogens with two attached hydrogens (primary N) is 1. The molecule has 1 amide bonds. The zero-order chi connectivity index (χ0) is 23.8. The number of benzene rings is 3. The van der Waals surface area contributed by atoms with Gasteiger partial charge in [-0.05, 0) is 60.2 Å². The largest absolute Gasteiger partial charge is 0.320 e. The van der Waals surface area contributed by atoms with Gasteiger partial charge >= 0.3 is 0 Å². The molecule has 3 aromatic carbocycles. The Labute approximate surface area is 202 Å². The number of aromatic nitrogens is 1. The SMILES string of the molecule is NS(=O)(=O)c1ccc(-c2sc(C(=O)Nc3cc(Cl)cc(Cl)c3)nc2-c2ccc(F)cc2)cc1. The molecular weight excluding hydrogens is 508 g/mol. The molecule has 0 saturated carbocycles. The minimum absolute atomic E-state index is 0.0464. The van der Waals surface area contributed by atoms with Crippen LogP contribution in [0.25, 0.3) is 21.7 Å². The molecule has 0 saturated heterocycles. The van der Waals surface area contributed by atoms with Crippen molar-refractivity contribution < 1.29 is 17.6 Å². The number of nitrogens with one attached hydrogen (secondary N) is 1. The summed E-state index contributed by atoms with van der Waals surface area (Å²) in [6, 6.07) is 16.2. The van der Waals surface area contributed by atoms with Crippen LogP contribution in [0.3, 0.4) is 0 Å². The molecule has 4 aromatic rings. The maximum absolute atomic E-state index is 13.5. The standard InChI is InChI=1S/C22H14Cl2FN3O3S2/c23-14-9-15(24)11-17(10-14)27-21(29)22-28-19(12-1-5-16(25)6-2-12)20(32-22)13-3-7-18(8-4-13)33(26,30)31/h1-11H,(H,27,29)(H2,26,30,31). The van der Waals surface area contributed by atoms with E-state index in [9.17, 15) is 17.6 Å². The Balaban J connectivity index is 1.76. The van der Waals surface area contributed by atoms with Crippen LogP contribution >= 0.6 is 34.5 Å². The van der Waals surface area contributed by atoms with Gasteiger partial charge in [0.05, 0.1) is 15.5 Å². The van der Waals surface area contributed by atoms with Gasteiger partial charge in [0.25, 0.3) is 5.91 Å². The fourth-order valence-corrected chi connectivity index (χ4v) is 5.05. The number of carbonyl (C=O) groups is 1. The van der Waals surface area contributed by atoms with E-state index in [1.807, 2.05) is 0 Å². The summed E-state index contributed by atoms with van der Waals surface area (Å²) in [5, 5.41) is 8.74. The van der Waals surface area contributed by atoms with Gasteiger partial charge in [-0.1, -0.05) is 35.3 Å². The molecule has 3 N–H and O–H groups in total. The first-order chi connectivity index (χ1) is 15.6. The van der Waals surface area contributed by atoms with Crippen LogP contribution in [-0.2, 0) is 10.0 Å². The third kappa shape index (κ3) is 5.40. The molecule has 0 aliphatic carbocycles. The lowest BCUT2D eigenvalue weighted by molar-refractivity contribution is 0.102. The van der Waals surface area contributed by atoms with Gasteiger partial charge in [-0.15, -0.1) is 11.3 Å². The van der Waals surface area contributed by atoms with Crippen molar-refractivity contribution >= 4 is 56.2 Å². The Bertz CT molecular complexity index is 1440. The summed E-state index contributed by atoms with van der Waals surface area (Å²) >= 11 is 13.1. The summed E-state index contributed by atoms with van der Waals surface area (Å²) < 4.78 is 36.6. The van der Waals surface area contributed by atoms with E-state index in [0.717, 1.165) is 11.3 Å². The van der Waals surface area contributed by atoms with Gasteiger partial charge in [-0.3, -0.25) is 4.79 Å². The Hall–Kier alpha value is -2.82. The number of sulfonamides is 1. The van der Waals surface area contributed by atoms with Gasteiger partial charge in [0, 0.05) is 21.3 Å². The van der Waals surface area contributed by atoms with E-state index in [2.05, 4.69) is 10.3 Å². The minimum Gasteiger partial charge on any atom is -0.320 e. The third-order valence-corrected chi connectivity index (χ3v) is 6.97. The Morgan fingerprint density at radius 1 is 0.939 bits per heavy atom. The number of carbonyl (C=O) groups excluding carboxylic acids is 1. The van der Waals surface area contributed by atoms with Gasteiger partial charge in [-0.2, -0.15) is 0 Å². The first-order valence-electron chi connectivity index (χ1n) is 9.27. The molecule has 1 aromatic heterocycles. The number of rotatable bonds is 5. The van der Waals surface area contributed by atoms with E-state index in [1.165, 1.54) is 30.3 Å². The lowest BCUT2D eigenvalue weighted by atomic mass is 10.1. The summed E-state index contributed by atoms with van der Waals surface area (Å²) in [6.07, 6.45) is 0. The van der Waals surface area contributed by atoms with Crippen molar-refractivity contribution in [3.8, 4) is 21.7 Å². The van der Waals surface area contributed by atoms with Crippen LogP contribution in [0.15, 0.2) is 71.6 Å². The summed E-state index contributed by atoms with van der Waals surface area (Å²) in [7, 11) is -3.86. The van der Waals surface area contributed by atoms with Crippen molar-refractivity contribution in [3.05, 3.63) is 87.6 Å². The Morgan fingerprint density at radius 2 is 1.52 bits per heavy atom. The number of hydrogen-bond acceptors (Lipinski definition) is 5. The van der Waals surface area contributed by atoms with Crippen LogP contribution in [0, 0.1) is 5.82 Å². The van der Waals surface area contributed by atoms with E-state index in [0.29, 0.717) is 37.4 Å². The molecule has 0 radical (unpaired) electrons. The van der Waals surface area contributed by atoms with Crippen molar-refractivity contribution in [1.82, 2.24) is 4.98 Å². The van der Waals surface area contributed by atoms with Crippen LogP contribution in [0.1, 0.15) is 9.80 Å². The Morgan fingerprint density at radius 3 is 2.09 bits per heavy atom. The summed E-state index contributed by atoms with van der Waals surface area (Å²) in [6.45, 7) is 0. The highest BCUT2D eigenvalue weighted by Crippen LogP contribution is 2.37.